The van der Waals surface area contributed by atoms with Crippen molar-refractivity contribution in [1.29, 1.82) is 0 Å². The molecule has 0 fully saturated rings. The topological polar surface area (TPSA) is 39.2 Å². The summed E-state index contributed by atoms with van der Waals surface area (Å²) in [7, 11) is 0. The number of hydrogen-bond acceptors (Lipinski definition) is 2. The van der Waals surface area contributed by atoms with E-state index in [4.69, 9.17) is 10.2 Å². The van der Waals surface area contributed by atoms with Crippen molar-refractivity contribution >= 4 is 0 Å². The summed E-state index contributed by atoms with van der Waals surface area (Å²) in [5.74, 6) is 3.19. The normalized spacial score (nSPS) is 22.9. The smallest absolute Gasteiger partial charge is 0.111 e. The summed E-state index contributed by atoms with van der Waals surface area (Å²) in [5.41, 5.74) is 7.40. The zero-order valence-electron chi connectivity index (χ0n) is 9.92. The van der Waals surface area contributed by atoms with Crippen LogP contribution in [-0.4, -0.2) is 6.04 Å². The van der Waals surface area contributed by atoms with Gasteiger partial charge in [0.05, 0.1) is 0 Å². The van der Waals surface area contributed by atoms with Crippen LogP contribution >= 0.6 is 0 Å². The third kappa shape index (κ3) is 1.96. The van der Waals surface area contributed by atoms with Gasteiger partial charge in [0.15, 0.2) is 0 Å². The van der Waals surface area contributed by atoms with Crippen molar-refractivity contribution in [1.82, 2.24) is 0 Å². The van der Waals surface area contributed by atoms with Gasteiger partial charge in [0.2, 0.25) is 0 Å². The van der Waals surface area contributed by atoms with E-state index in [-0.39, 0.29) is 6.04 Å². The molecule has 1 aromatic heterocycles. The molecule has 2 nitrogen and oxygen atoms in total. The third-order valence-corrected chi connectivity index (χ3v) is 3.36. The van der Waals surface area contributed by atoms with Crippen molar-refractivity contribution in [2.75, 3.05) is 0 Å². The summed E-state index contributed by atoms with van der Waals surface area (Å²) in [6.45, 7) is 6.42. The lowest BCUT2D eigenvalue weighted by atomic mass is 9.84. The molecule has 2 rings (SSSR count). The molecule has 84 valence electrons. The van der Waals surface area contributed by atoms with Gasteiger partial charge in [-0.2, -0.15) is 0 Å². The van der Waals surface area contributed by atoms with Crippen LogP contribution in [0.3, 0.4) is 0 Å². The fraction of sp³-hybridized carbons (Fsp3) is 0.692. The fourth-order valence-electron chi connectivity index (χ4n) is 2.40. The van der Waals surface area contributed by atoms with Crippen LogP contribution < -0.4 is 5.73 Å². The first kappa shape index (κ1) is 10.7. The van der Waals surface area contributed by atoms with E-state index in [1.165, 1.54) is 24.2 Å². The predicted octanol–water partition coefficient (Wildman–Crippen LogP) is 3.17. The Labute approximate surface area is 91.8 Å². The summed E-state index contributed by atoms with van der Waals surface area (Å²) in [5, 5.41) is 0. The van der Waals surface area contributed by atoms with E-state index in [9.17, 15) is 0 Å². The van der Waals surface area contributed by atoms with Crippen LogP contribution in [0.1, 0.15) is 62.5 Å². The van der Waals surface area contributed by atoms with Crippen molar-refractivity contribution in [2.24, 2.45) is 5.73 Å². The minimum absolute atomic E-state index is 0.204. The van der Waals surface area contributed by atoms with Crippen molar-refractivity contribution in [2.45, 2.75) is 57.9 Å². The number of nitrogens with two attached hydrogens (primary N) is 1. The first-order chi connectivity index (χ1) is 7.09. The van der Waals surface area contributed by atoms with Gasteiger partial charge in [0.1, 0.15) is 11.5 Å². The molecule has 1 aliphatic rings. The summed E-state index contributed by atoms with van der Waals surface area (Å²) in [4.78, 5) is 0. The van der Waals surface area contributed by atoms with Gasteiger partial charge in [-0.1, -0.05) is 13.8 Å². The van der Waals surface area contributed by atoms with Crippen LogP contribution in [0.5, 0.6) is 0 Å². The maximum absolute atomic E-state index is 6.01. The third-order valence-electron chi connectivity index (χ3n) is 3.36. The molecular weight excluding hydrogens is 186 g/mol. The van der Waals surface area contributed by atoms with E-state index in [0.29, 0.717) is 11.8 Å². The highest BCUT2D eigenvalue weighted by molar-refractivity contribution is 5.29. The lowest BCUT2D eigenvalue weighted by molar-refractivity contribution is 0.362. The Hall–Kier alpha value is -0.760. The molecule has 1 aromatic rings. The molecule has 0 saturated heterocycles. The summed E-state index contributed by atoms with van der Waals surface area (Å²) >= 11 is 0. The SMILES string of the molecule is CC(C)c1cc2c(o1)C(C(C)N)CCC2. The molecule has 0 spiro atoms. The highest BCUT2D eigenvalue weighted by atomic mass is 16.3. The molecule has 2 N–H and O–H groups in total. The van der Waals surface area contributed by atoms with Crippen LogP contribution in [0, 0.1) is 0 Å². The Morgan fingerprint density at radius 1 is 1.40 bits per heavy atom. The standard InChI is InChI=1S/C13H21NO/c1-8(2)12-7-10-5-4-6-11(9(3)14)13(10)15-12/h7-9,11H,4-6,14H2,1-3H3. The number of rotatable bonds is 2. The first-order valence-corrected chi connectivity index (χ1v) is 5.97. The van der Waals surface area contributed by atoms with E-state index in [2.05, 4.69) is 26.8 Å². The van der Waals surface area contributed by atoms with E-state index in [1.54, 1.807) is 0 Å². The molecule has 0 saturated carbocycles. The Balaban J connectivity index is 2.34. The summed E-state index contributed by atoms with van der Waals surface area (Å²) in [6.07, 6.45) is 3.58. The second-order valence-electron chi connectivity index (χ2n) is 5.05. The Kier molecular flexibility index (Phi) is 2.87. The lowest BCUT2D eigenvalue weighted by Gasteiger charge is -2.23. The number of furan rings is 1. The highest BCUT2D eigenvalue weighted by Crippen LogP contribution is 2.37. The minimum Gasteiger partial charge on any atom is -0.465 e. The maximum atomic E-state index is 6.01. The largest absolute Gasteiger partial charge is 0.465 e. The zero-order chi connectivity index (χ0) is 11.0. The second-order valence-corrected chi connectivity index (χ2v) is 5.05. The monoisotopic (exact) mass is 207 g/mol. The quantitative estimate of drug-likeness (QED) is 0.809. The fourth-order valence-corrected chi connectivity index (χ4v) is 2.40. The molecule has 0 aliphatic heterocycles. The molecule has 2 atom stereocenters. The molecule has 2 unspecified atom stereocenters. The van der Waals surface area contributed by atoms with Gasteiger partial charge in [-0.15, -0.1) is 0 Å². The predicted molar refractivity (Wildman–Crippen MR) is 62.1 cm³/mol. The van der Waals surface area contributed by atoms with E-state index in [0.717, 1.165) is 12.2 Å². The average molecular weight is 207 g/mol. The van der Waals surface area contributed by atoms with Crippen molar-refractivity contribution in [3.63, 3.8) is 0 Å². The van der Waals surface area contributed by atoms with Gasteiger partial charge >= 0.3 is 0 Å². The van der Waals surface area contributed by atoms with E-state index in [1.807, 2.05) is 0 Å². The molecule has 0 aromatic carbocycles. The lowest BCUT2D eigenvalue weighted by Crippen LogP contribution is -2.27. The molecule has 15 heavy (non-hydrogen) atoms. The Morgan fingerprint density at radius 3 is 2.73 bits per heavy atom. The van der Waals surface area contributed by atoms with Gasteiger partial charge in [-0.3, -0.25) is 0 Å². The highest BCUT2D eigenvalue weighted by Gasteiger charge is 2.27. The van der Waals surface area contributed by atoms with Crippen LogP contribution in [0.25, 0.3) is 0 Å². The van der Waals surface area contributed by atoms with Crippen LogP contribution in [0.2, 0.25) is 0 Å². The van der Waals surface area contributed by atoms with Gasteiger partial charge in [0, 0.05) is 17.9 Å². The van der Waals surface area contributed by atoms with Crippen LogP contribution in [-0.2, 0) is 6.42 Å². The number of fused-ring (bicyclic) bond motifs is 1. The first-order valence-electron chi connectivity index (χ1n) is 5.97. The Morgan fingerprint density at radius 2 is 2.13 bits per heavy atom. The minimum atomic E-state index is 0.204. The molecule has 1 heterocycles. The van der Waals surface area contributed by atoms with Crippen LogP contribution in [0.15, 0.2) is 10.5 Å². The van der Waals surface area contributed by atoms with Gasteiger partial charge in [0.25, 0.3) is 0 Å². The summed E-state index contributed by atoms with van der Waals surface area (Å²) in [6, 6.07) is 2.43. The zero-order valence-corrected chi connectivity index (χ0v) is 9.92. The average Bonchev–Trinajstić information content (AvgIpc) is 2.60. The summed E-state index contributed by atoms with van der Waals surface area (Å²) < 4.78 is 5.96. The number of aryl methyl sites for hydroxylation is 1. The molecule has 0 amide bonds. The van der Waals surface area contributed by atoms with E-state index >= 15 is 0 Å². The van der Waals surface area contributed by atoms with Gasteiger partial charge < -0.3 is 10.2 Å². The van der Waals surface area contributed by atoms with Crippen molar-refractivity contribution < 1.29 is 4.42 Å². The molecule has 0 bridgehead atoms. The van der Waals surface area contributed by atoms with Gasteiger partial charge in [-0.05, 0) is 37.8 Å². The molecular formula is C13H21NO. The van der Waals surface area contributed by atoms with Crippen molar-refractivity contribution in [3.8, 4) is 0 Å². The number of hydrogen-bond donors (Lipinski definition) is 1. The van der Waals surface area contributed by atoms with E-state index < -0.39 is 0 Å². The second kappa shape index (κ2) is 4.01. The van der Waals surface area contributed by atoms with Crippen molar-refractivity contribution in [3.05, 3.63) is 23.2 Å². The Bertz CT molecular complexity index is 338. The van der Waals surface area contributed by atoms with Gasteiger partial charge in [-0.25, -0.2) is 0 Å². The molecule has 2 heteroatoms. The molecule has 0 radical (unpaired) electrons. The molecule has 1 aliphatic carbocycles. The van der Waals surface area contributed by atoms with Crippen LogP contribution in [0.4, 0.5) is 0 Å². The maximum Gasteiger partial charge on any atom is 0.111 e.